The molecule has 1 aromatic heterocycles. The normalized spacial score (nSPS) is 11.2. The largest absolute Gasteiger partial charge is 0.462 e. The van der Waals surface area contributed by atoms with E-state index in [2.05, 4.69) is 4.90 Å². The van der Waals surface area contributed by atoms with Crippen molar-refractivity contribution in [2.24, 2.45) is 0 Å². The molecule has 2 aromatic rings. The van der Waals surface area contributed by atoms with E-state index >= 15 is 0 Å². The molecule has 0 unspecified atom stereocenters. The minimum Gasteiger partial charge on any atom is -0.462 e. The second-order valence-electron chi connectivity index (χ2n) is 5.88. The molecule has 0 spiro atoms. The van der Waals surface area contributed by atoms with Gasteiger partial charge >= 0.3 is 5.97 Å². The van der Waals surface area contributed by atoms with E-state index in [0.717, 1.165) is 41.7 Å². The molecule has 5 heteroatoms. The van der Waals surface area contributed by atoms with Gasteiger partial charge in [-0.2, -0.15) is 0 Å². The van der Waals surface area contributed by atoms with Crippen LogP contribution in [0, 0.1) is 6.92 Å². The minimum absolute atomic E-state index is 0.298. The SMILES string of the molecule is CCOC(=O)c1c(CN(C)CCCOC)nc2ccccc2c1C. The predicted octanol–water partition coefficient (Wildman–Crippen LogP) is 3.19. The summed E-state index contributed by atoms with van der Waals surface area (Å²) in [5.74, 6) is -0.298. The zero-order valence-electron chi connectivity index (χ0n) is 15.0. The molecule has 5 nitrogen and oxygen atoms in total. The van der Waals surface area contributed by atoms with Crippen molar-refractivity contribution >= 4 is 16.9 Å². The number of hydrogen-bond acceptors (Lipinski definition) is 5. The molecular weight excluding hydrogens is 304 g/mol. The number of fused-ring (bicyclic) bond motifs is 1. The second kappa shape index (κ2) is 8.76. The summed E-state index contributed by atoms with van der Waals surface area (Å²) in [6.45, 7) is 6.34. The van der Waals surface area contributed by atoms with Crippen LogP contribution in [0.5, 0.6) is 0 Å². The summed E-state index contributed by atoms with van der Waals surface area (Å²) < 4.78 is 10.4. The molecule has 0 atom stereocenters. The van der Waals surface area contributed by atoms with Crippen LogP contribution in [-0.2, 0) is 16.0 Å². The molecule has 0 saturated carbocycles. The molecule has 1 aromatic carbocycles. The number of aryl methyl sites for hydroxylation is 1. The molecule has 0 aliphatic rings. The first-order valence-electron chi connectivity index (χ1n) is 8.31. The van der Waals surface area contributed by atoms with Gasteiger partial charge in [-0.25, -0.2) is 4.79 Å². The van der Waals surface area contributed by atoms with E-state index < -0.39 is 0 Å². The van der Waals surface area contributed by atoms with E-state index in [-0.39, 0.29) is 5.97 Å². The molecular formula is C19H26N2O3. The van der Waals surface area contributed by atoms with Crippen LogP contribution in [0.3, 0.4) is 0 Å². The number of rotatable bonds is 8. The van der Waals surface area contributed by atoms with Gasteiger partial charge in [-0.05, 0) is 38.9 Å². The maximum Gasteiger partial charge on any atom is 0.340 e. The van der Waals surface area contributed by atoms with E-state index in [4.69, 9.17) is 14.5 Å². The minimum atomic E-state index is -0.298. The molecule has 0 N–H and O–H groups in total. The fourth-order valence-corrected chi connectivity index (χ4v) is 2.84. The number of carbonyl (C=O) groups excluding carboxylic acids is 1. The first-order valence-corrected chi connectivity index (χ1v) is 8.31. The van der Waals surface area contributed by atoms with Gasteiger partial charge in [0.1, 0.15) is 0 Å². The molecule has 0 aliphatic heterocycles. The van der Waals surface area contributed by atoms with Crippen LogP contribution in [0.4, 0.5) is 0 Å². The van der Waals surface area contributed by atoms with Gasteiger partial charge in [0, 0.05) is 32.2 Å². The molecule has 0 aliphatic carbocycles. The lowest BCUT2D eigenvalue weighted by Crippen LogP contribution is -2.23. The second-order valence-corrected chi connectivity index (χ2v) is 5.88. The van der Waals surface area contributed by atoms with Crippen molar-refractivity contribution < 1.29 is 14.3 Å². The number of nitrogens with zero attached hydrogens (tertiary/aromatic N) is 2. The van der Waals surface area contributed by atoms with E-state index in [1.165, 1.54) is 0 Å². The average Bonchev–Trinajstić information content (AvgIpc) is 2.55. The molecule has 0 saturated heterocycles. The number of para-hydroxylation sites is 1. The van der Waals surface area contributed by atoms with Gasteiger partial charge in [-0.15, -0.1) is 0 Å². The zero-order valence-corrected chi connectivity index (χ0v) is 15.0. The Morgan fingerprint density at radius 1 is 1.29 bits per heavy atom. The summed E-state index contributed by atoms with van der Waals surface area (Å²) in [4.78, 5) is 19.4. The Morgan fingerprint density at radius 2 is 2.04 bits per heavy atom. The van der Waals surface area contributed by atoms with Gasteiger partial charge in [0.2, 0.25) is 0 Å². The Morgan fingerprint density at radius 3 is 2.75 bits per heavy atom. The van der Waals surface area contributed by atoms with E-state index in [9.17, 15) is 4.79 Å². The summed E-state index contributed by atoms with van der Waals surface area (Å²) in [6, 6.07) is 7.89. The van der Waals surface area contributed by atoms with Crippen molar-refractivity contribution in [3.63, 3.8) is 0 Å². The van der Waals surface area contributed by atoms with E-state index in [1.807, 2.05) is 45.2 Å². The summed E-state index contributed by atoms with van der Waals surface area (Å²) in [5.41, 5.74) is 3.20. The number of pyridine rings is 1. The van der Waals surface area contributed by atoms with E-state index in [1.54, 1.807) is 7.11 Å². The van der Waals surface area contributed by atoms with Crippen molar-refractivity contribution in [1.29, 1.82) is 0 Å². The van der Waals surface area contributed by atoms with Crippen LogP contribution >= 0.6 is 0 Å². The lowest BCUT2D eigenvalue weighted by atomic mass is 10.0. The standard InChI is InChI=1S/C19H26N2O3/c1-5-24-19(22)18-14(2)15-9-6-7-10-16(15)20-17(18)13-21(3)11-8-12-23-4/h6-7,9-10H,5,8,11-13H2,1-4H3. The van der Waals surface area contributed by atoms with Gasteiger partial charge in [0.05, 0.1) is 23.4 Å². The third-order valence-electron chi connectivity index (χ3n) is 4.01. The van der Waals surface area contributed by atoms with Gasteiger partial charge in [0.25, 0.3) is 0 Å². The maximum absolute atomic E-state index is 12.5. The number of carbonyl (C=O) groups is 1. The molecule has 1 heterocycles. The van der Waals surface area contributed by atoms with Crippen molar-refractivity contribution in [2.75, 3.05) is 33.9 Å². The Labute approximate surface area is 143 Å². The number of methoxy groups -OCH3 is 1. The maximum atomic E-state index is 12.5. The molecule has 0 radical (unpaired) electrons. The Bertz CT molecular complexity index is 700. The summed E-state index contributed by atoms with van der Waals surface area (Å²) in [7, 11) is 3.73. The molecule has 0 fully saturated rings. The van der Waals surface area contributed by atoms with Crippen LogP contribution in [0.2, 0.25) is 0 Å². The fourth-order valence-electron chi connectivity index (χ4n) is 2.84. The highest BCUT2D eigenvalue weighted by Gasteiger charge is 2.20. The summed E-state index contributed by atoms with van der Waals surface area (Å²) >= 11 is 0. The molecule has 130 valence electrons. The molecule has 0 bridgehead atoms. The van der Waals surface area contributed by atoms with Gasteiger partial charge in [-0.3, -0.25) is 4.98 Å². The molecule has 0 amide bonds. The number of hydrogen-bond donors (Lipinski definition) is 0. The summed E-state index contributed by atoms with van der Waals surface area (Å²) in [5, 5.41) is 0.992. The summed E-state index contributed by atoms with van der Waals surface area (Å²) in [6.07, 6.45) is 0.939. The van der Waals surface area contributed by atoms with Crippen molar-refractivity contribution in [3.05, 3.63) is 41.1 Å². The van der Waals surface area contributed by atoms with Crippen LogP contribution in [0.15, 0.2) is 24.3 Å². The van der Waals surface area contributed by atoms with Crippen molar-refractivity contribution in [1.82, 2.24) is 9.88 Å². The smallest absolute Gasteiger partial charge is 0.340 e. The van der Waals surface area contributed by atoms with Crippen LogP contribution < -0.4 is 0 Å². The third kappa shape index (κ3) is 4.30. The van der Waals surface area contributed by atoms with Gasteiger partial charge in [0.15, 0.2) is 0 Å². The molecule has 2 rings (SSSR count). The highest BCUT2D eigenvalue weighted by Crippen LogP contribution is 2.24. The average molecular weight is 330 g/mol. The van der Waals surface area contributed by atoms with Crippen LogP contribution in [0.1, 0.15) is 35.0 Å². The first kappa shape index (κ1) is 18.4. The fraction of sp³-hybridized carbons (Fsp3) is 0.474. The number of esters is 1. The number of aromatic nitrogens is 1. The Balaban J connectivity index is 2.38. The Hall–Kier alpha value is -1.98. The van der Waals surface area contributed by atoms with Crippen LogP contribution in [-0.4, -0.2) is 49.8 Å². The quantitative estimate of drug-likeness (QED) is 0.549. The lowest BCUT2D eigenvalue weighted by Gasteiger charge is -2.19. The monoisotopic (exact) mass is 330 g/mol. The van der Waals surface area contributed by atoms with E-state index in [0.29, 0.717) is 18.7 Å². The highest BCUT2D eigenvalue weighted by molar-refractivity contribution is 5.98. The van der Waals surface area contributed by atoms with Crippen molar-refractivity contribution in [2.45, 2.75) is 26.8 Å². The predicted molar refractivity (Wildman–Crippen MR) is 95.3 cm³/mol. The topological polar surface area (TPSA) is 51.7 Å². The Kier molecular flexibility index (Phi) is 6.70. The highest BCUT2D eigenvalue weighted by atomic mass is 16.5. The first-order chi connectivity index (χ1) is 11.6. The van der Waals surface area contributed by atoms with Gasteiger partial charge in [-0.1, -0.05) is 18.2 Å². The van der Waals surface area contributed by atoms with Crippen molar-refractivity contribution in [3.8, 4) is 0 Å². The third-order valence-corrected chi connectivity index (χ3v) is 4.01. The molecule has 24 heavy (non-hydrogen) atoms. The number of benzene rings is 1. The van der Waals surface area contributed by atoms with Gasteiger partial charge < -0.3 is 14.4 Å². The van der Waals surface area contributed by atoms with Crippen LogP contribution in [0.25, 0.3) is 10.9 Å². The number of ether oxygens (including phenoxy) is 2. The lowest BCUT2D eigenvalue weighted by molar-refractivity contribution is 0.0522. The zero-order chi connectivity index (χ0) is 17.5.